The largest absolute Gasteiger partial charge is 0.373 e. The summed E-state index contributed by atoms with van der Waals surface area (Å²) in [6.07, 6.45) is 3.64. The van der Waals surface area contributed by atoms with Crippen LogP contribution in [0.2, 0.25) is 0 Å². The van der Waals surface area contributed by atoms with Gasteiger partial charge in [-0.1, -0.05) is 0 Å². The van der Waals surface area contributed by atoms with Gasteiger partial charge in [-0.2, -0.15) is 0 Å². The first-order valence-electron chi connectivity index (χ1n) is 5.45. The Morgan fingerprint density at radius 2 is 2.24 bits per heavy atom. The van der Waals surface area contributed by atoms with Crippen LogP contribution in [0.5, 0.6) is 0 Å². The number of nitrogens with one attached hydrogen (secondary N) is 1. The average molecular weight is 228 g/mol. The number of rotatable bonds is 3. The van der Waals surface area contributed by atoms with Gasteiger partial charge < -0.3 is 9.88 Å². The topological polar surface area (TPSA) is 42.2 Å². The third-order valence-electron chi connectivity index (χ3n) is 2.94. The highest BCUT2D eigenvalue weighted by Crippen LogP contribution is 2.25. The lowest BCUT2D eigenvalue weighted by molar-refractivity contribution is 0.930. The zero-order valence-electron chi connectivity index (χ0n) is 10.4. The fourth-order valence-electron chi connectivity index (χ4n) is 2.00. The number of aromatic nitrogens is 2. The van der Waals surface area contributed by atoms with Crippen molar-refractivity contribution >= 4 is 29.6 Å². The monoisotopic (exact) mass is 228 g/mol. The molecule has 0 aliphatic rings. The second kappa shape index (κ2) is 4.41. The average Bonchev–Trinajstić information content (AvgIpc) is 2.59. The molecule has 0 aromatic carbocycles. The van der Waals surface area contributed by atoms with Crippen molar-refractivity contribution < 1.29 is 0 Å². The van der Waals surface area contributed by atoms with Crippen molar-refractivity contribution in [3.8, 4) is 0 Å². The Hall–Kier alpha value is -2.10. The van der Waals surface area contributed by atoms with Crippen LogP contribution in [0.15, 0.2) is 23.3 Å². The van der Waals surface area contributed by atoms with Gasteiger partial charge >= 0.3 is 0 Å². The van der Waals surface area contributed by atoms with Crippen LogP contribution in [-0.4, -0.2) is 23.3 Å². The molecule has 88 valence electrons. The highest BCUT2D eigenvalue weighted by Gasteiger charge is 2.10. The molecular weight excluding hydrogens is 212 g/mol. The Morgan fingerprint density at radius 1 is 1.47 bits per heavy atom. The van der Waals surface area contributed by atoms with Gasteiger partial charge in [0.15, 0.2) is 0 Å². The van der Waals surface area contributed by atoms with E-state index in [0.717, 1.165) is 22.5 Å². The molecule has 0 unspecified atom stereocenters. The van der Waals surface area contributed by atoms with Crippen molar-refractivity contribution in [2.75, 3.05) is 12.4 Å². The quantitative estimate of drug-likeness (QED) is 0.820. The van der Waals surface area contributed by atoms with E-state index in [1.807, 2.05) is 26.2 Å². The minimum atomic E-state index is 0.871. The van der Waals surface area contributed by atoms with Crippen molar-refractivity contribution in [3.63, 3.8) is 0 Å². The summed E-state index contributed by atoms with van der Waals surface area (Å²) in [5, 5.41) is 4.21. The maximum Gasteiger partial charge on any atom is 0.142 e. The van der Waals surface area contributed by atoms with Gasteiger partial charge in [-0.15, -0.1) is 0 Å². The van der Waals surface area contributed by atoms with E-state index in [0.29, 0.717) is 0 Å². The molecular formula is C13H16N4. The van der Waals surface area contributed by atoms with Crippen molar-refractivity contribution in [2.24, 2.45) is 12.0 Å². The molecule has 0 aliphatic carbocycles. The van der Waals surface area contributed by atoms with Gasteiger partial charge in [-0.05, 0) is 37.4 Å². The van der Waals surface area contributed by atoms with Gasteiger partial charge in [0.25, 0.3) is 0 Å². The zero-order valence-corrected chi connectivity index (χ0v) is 10.4. The van der Waals surface area contributed by atoms with Crippen LogP contribution in [-0.2, 0) is 7.05 Å². The second-order valence-electron chi connectivity index (χ2n) is 3.89. The Labute approximate surface area is 101 Å². The second-order valence-corrected chi connectivity index (χ2v) is 3.89. The summed E-state index contributed by atoms with van der Waals surface area (Å²) in [6, 6.07) is 4.07. The summed E-state index contributed by atoms with van der Waals surface area (Å²) in [6.45, 7) is 5.53. The van der Waals surface area contributed by atoms with E-state index < -0.39 is 0 Å². The molecule has 4 nitrogen and oxygen atoms in total. The molecule has 2 aromatic heterocycles. The molecule has 2 aromatic rings. The predicted octanol–water partition coefficient (Wildman–Crippen LogP) is 2.59. The number of aryl methyl sites for hydroxylation is 2. The van der Waals surface area contributed by atoms with Crippen LogP contribution in [0.3, 0.4) is 0 Å². The summed E-state index contributed by atoms with van der Waals surface area (Å²) in [5.41, 5.74) is 3.28. The molecule has 0 radical (unpaired) electrons. The van der Waals surface area contributed by atoms with Crippen molar-refractivity contribution in [1.82, 2.24) is 9.55 Å². The molecule has 0 atom stereocenters. The summed E-state index contributed by atoms with van der Waals surface area (Å²) in [7, 11) is 3.87. The maximum atomic E-state index is 4.55. The first-order chi connectivity index (χ1) is 8.19. The Kier molecular flexibility index (Phi) is 2.95. The minimum Gasteiger partial charge on any atom is -0.373 e. The maximum absolute atomic E-state index is 4.55. The van der Waals surface area contributed by atoms with Crippen LogP contribution in [0, 0.1) is 6.92 Å². The van der Waals surface area contributed by atoms with Crippen LogP contribution >= 0.6 is 0 Å². The van der Waals surface area contributed by atoms with Gasteiger partial charge in [0, 0.05) is 31.4 Å². The molecule has 2 heterocycles. The van der Waals surface area contributed by atoms with Gasteiger partial charge in [-0.25, -0.2) is 4.98 Å². The van der Waals surface area contributed by atoms with Gasteiger partial charge in [0.2, 0.25) is 0 Å². The summed E-state index contributed by atoms with van der Waals surface area (Å²) >= 11 is 0. The first kappa shape index (κ1) is 11.4. The SMILES string of the molecule is C=N/C=C\c1c(C)c2ccc(NC)nc2n1C. The normalized spacial score (nSPS) is 11.2. The summed E-state index contributed by atoms with van der Waals surface area (Å²) < 4.78 is 2.06. The fourth-order valence-corrected chi connectivity index (χ4v) is 2.00. The molecule has 4 heteroatoms. The van der Waals surface area contributed by atoms with E-state index >= 15 is 0 Å². The lowest BCUT2D eigenvalue weighted by atomic mass is 10.2. The van der Waals surface area contributed by atoms with Crippen LogP contribution in [0.25, 0.3) is 17.1 Å². The number of nitrogens with zero attached hydrogens (tertiary/aromatic N) is 3. The van der Waals surface area contributed by atoms with E-state index in [1.165, 1.54) is 5.56 Å². The number of aliphatic imine (C=N–C) groups is 1. The fraction of sp³-hybridized carbons (Fsp3) is 0.231. The van der Waals surface area contributed by atoms with E-state index in [1.54, 1.807) is 6.20 Å². The molecule has 17 heavy (non-hydrogen) atoms. The predicted molar refractivity (Wildman–Crippen MR) is 73.6 cm³/mol. The molecule has 0 bridgehead atoms. The highest BCUT2D eigenvalue weighted by atomic mass is 15.1. The van der Waals surface area contributed by atoms with Gasteiger partial charge in [0.05, 0.1) is 0 Å². The van der Waals surface area contributed by atoms with Crippen LogP contribution in [0.1, 0.15) is 11.3 Å². The standard InChI is InChI=1S/C13H16N4/c1-9-10-5-6-12(15-3)16-13(10)17(4)11(9)7-8-14-2/h5-8H,2H2,1,3-4H3,(H,15,16)/b8-7-. The first-order valence-corrected chi connectivity index (χ1v) is 5.45. The molecule has 2 rings (SSSR count). The zero-order chi connectivity index (χ0) is 12.4. The molecule has 0 aliphatic heterocycles. The van der Waals surface area contributed by atoms with E-state index in [-0.39, 0.29) is 0 Å². The van der Waals surface area contributed by atoms with E-state index in [4.69, 9.17) is 0 Å². The third-order valence-corrected chi connectivity index (χ3v) is 2.94. The molecule has 1 N–H and O–H groups in total. The van der Waals surface area contributed by atoms with Gasteiger partial charge in [0.1, 0.15) is 11.5 Å². The Balaban J connectivity index is 2.71. The minimum absolute atomic E-state index is 0.871. The number of anilines is 1. The summed E-state index contributed by atoms with van der Waals surface area (Å²) in [5.74, 6) is 0.871. The van der Waals surface area contributed by atoms with Crippen molar-refractivity contribution in [1.29, 1.82) is 0 Å². The molecule has 0 fully saturated rings. The van der Waals surface area contributed by atoms with E-state index in [9.17, 15) is 0 Å². The number of fused-ring (bicyclic) bond motifs is 1. The molecule has 0 saturated carbocycles. The summed E-state index contributed by atoms with van der Waals surface area (Å²) in [4.78, 5) is 8.29. The van der Waals surface area contributed by atoms with Gasteiger partial charge in [-0.3, -0.25) is 4.99 Å². The number of hydrogen-bond acceptors (Lipinski definition) is 3. The van der Waals surface area contributed by atoms with Crippen LogP contribution < -0.4 is 5.32 Å². The van der Waals surface area contributed by atoms with Crippen LogP contribution in [0.4, 0.5) is 5.82 Å². The third kappa shape index (κ3) is 1.82. The lowest BCUT2D eigenvalue weighted by Crippen LogP contribution is -1.96. The van der Waals surface area contributed by atoms with Crippen molar-refractivity contribution in [3.05, 3.63) is 29.6 Å². The number of pyridine rings is 1. The smallest absolute Gasteiger partial charge is 0.142 e. The van der Waals surface area contributed by atoms with Crippen molar-refractivity contribution in [2.45, 2.75) is 6.92 Å². The molecule has 0 saturated heterocycles. The number of hydrogen-bond donors (Lipinski definition) is 1. The highest BCUT2D eigenvalue weighted by molar-refractivity contribution is 5.86. The Morgan fingerprint density at radius 3 is 2.88 bits per heavy atom. The Bertz CT molecular complexity index is 593. The lowest BCUT2D eigenvalue weighted by Gasteiger charge is -2.01. The van der Waals surface area contributed by atoms with E-state index in [2.05, 4.69) is 39.6 Å². The molecule has 0 amide bonds. The molecule has 0 spiro atoms.